The van der Waals surface area contributed by atoms with E-state index in [0.29, 0.717) is 23.0 Å². The zero-order valence-corrected chi connectivity index (χ0v) is 15.9. The standard InChI is InChI=1S/C20H23N3O3.ClH/c1-13(22-20(25)15-2-6-16(21)7-3-15)14-4-10-18(11-5-14)26-12-19(24)23-17-8-9-17;/h2-7,10-11,13,17H,8-9,12,21H2,1H3,(H,22,25)(H,23,24);1H. The highest BCUT2D eigenvalue weighted by Crippen LogP contribution is 2.20. The number of halogens is 1. The van der Waals surface area contributed by atoms with E-state index >= 15 is 0 Å². The van der Waals surface area contributed by atoms with Crippen molar-refractivity contribution in [2.45, 2.75) is 31.8 Å². The summed E-state index contributed by atoms with van der Waals surface area (Å²) in [5.74, 6) is 0.368. The molecule has 3 rings (SSSR count). The fourth-order valence-corrected chi connectivity index (χ4v) is 2.50. The molecule has 4 N–H and O–H groups in total. The van der Waals surface area contributed by atoms with E-state index in [1.165, 1.54) is 0 Å². The van der Waals surface area contributed by atoms with Gasteiger partial charge in [-0.05, 0) is 61.7 Å². The summed E-state index contributed by atoms with van der Waals surface area (Å²) in [6, 6.07) is 14.3. The van der Waals surface area contributed by atoms with E-state index in [2.05, 4.69) is 10.6 Å². The lowest BCUT2D eigenvalue weighted by Crippen LogP contribution is -2.30. The average Bonchev–Trinajstić information content (AvgIpc) is 3.45. The van der Waals surface area contributed by atoms with Gasteiger partial charge in [0.05, 0.1) is 6.04 Å². The Kier molecular flexibility index (Phi) is 7.07. The van der Waals surface area contributed by atoms with Gasteiger partial charge in [0.25, 0.3) is 11.8 Å². The second-order valence-electron chi connectivity index (χ2n) is 6.52. The molecule has 0 spiro atoms. The van der Waals surface area contributed by atoms with Crippen molar-refractivity contribution >= 4 is 29.9 Å². The lowest BCUT2D eigenvalue weighted by molar-refractivity contribution is -0.123. The topological polar surface area (TPSA) is 93.5 Å². The van der Waals surface area contributed by atoms with Crippen LogP contribution < -0.4 is 21.1 Å². The van der Waals surface area contributed by atoms with E-state index in [1.54, 1.807) is 36.4 Å². The van der Waals surface area contributed by atoms with Crippen molar-refractivity contribution in [3.05, 3.63) is 59.7 Å². The summed E-state index contributed by atoms with van der Waals surface area (Å²) < 4.78 is 5.48. The van der Waals surface area contributed by atoms with Gasteiger partial charge in [0.15, 0.2) is 6.61 Å². The molecule has 0 heterocycles. The second-order valence-corrected chi connectivity index (χ2v) is 6.52. The Labute approximate surface area is 164 Å². The van der Waals surface area contributed by atoms with Crippen molar-refractivity contribution in [3.63, 3.8) is 0 Å². The first kappa shape index (κ1) is 20.6. The van der Waals surface area contributed by atoms with Gasteiger partial charge in [0.1, 0.15) is 5.75 Å². The van der Waals surface area contributed by atoms with Crippen LogP contribution in [0, 0.1) is 0 Å². The summed E-state index contributed by atoms with van der Waals surface area (Å²) >= 11 is 0. The summed E-state index contributed by atoms with van der Waals surface area (Å²) in [7, 11) is 0. The number of hydrogen-bond donors (Lipinski definition) is 3. The molecule has 1 aliphatic carbocycles. The molecule has 0 saturated heterocycles. The van der Waals surface area contributed by atoms with E-state index in [4.69, 9.17) is 10.5 Å². The summed E-state index contributed by atoms with van der Waals surface area (Å²) in [5, 5.41) is 5.82. The SMILES string of the molecule is CC(NC(=O)c1ccc(N)cc1)c1ccc(OCC(=O)NC2CC2)cc1.Cl. The van der Waals surface area contributed by atoms with Crippen LogP contribution in [0.2, 0.25) is 0 Å². The molecule has 0 radical (unpaired) electrons. The van der Waals surface area contributed by atoms with Gasteiger partial charge in [-0.25, -0.2) is 0 Å². The van der Waals surface area contributed by atoms with Gasteiger partial charge in [0.2, 0.25) is 0 Å². The monoisotopic (exact) mass is 389 g/mol. The van der Waals surface area contributed by atoms with Crippen molar-refractivity contribution in [2.24, 2.45) is 0 Å². The maximum absolute atomic E-state index is 12.3. The molecule has 2 aromatic rings. The first-order chi connectivity index (χ1) is 12.5. The maximum atomic E-state index is 12.3. The lowest BCUT2D eigenvalue weighted by Gasteiger charge is -2.15. The van der Waals surface area contributed by atoms with Crippen LogP contribution >= 0.6 is 12.4 Å². The van der Waals surface area contributed by atoms with Crippen LogP contribution in [0.4, 0.5) is 5.69 Å². The van der Waals surface area contributed by atoms with Gasteiger partial charge >= 0.3 is 0 Å². The Hall–Kier alpha value is -2.73. The van der Waals surface area contributed by atoms with Crippen molar-refractivity contribution in [2.75, 3.05) is 12.3 Å². The number of carbonyl (C=O) groups excluding carboxylic acids is 2. The summed E-state index contributed by atoms with van der Waals surface area (Å²) in [4.78, 5) is 23.9. The number of carbonyl (C=O) groups is 2. The molecule has 1 atom stereocenters. The Balaban J connectivity index is 0.00000261. The third-order valence-electron chi connectivity index (χ3n) is 4.21. The number of hydrogen-bond acceptors (Lipinski definition) is 4. The fourth-order valence-electron chi connectivity index (χ4n) is 2.50. The minimum absolute atomic E-state index is 0. The van der Waals surface area contributed by atoms with Crippen LogP contribution in [-0.2, 0) is 4.79 Å². The third-order valence-corrected chi connectivity index (χ3v) is 4.21. The van der Waals surface area contributed by atoms with Crippen molar-refractivity contribution < 1.29 is 14.3 Å². The average molecular weight is 390 g/mol. The summed E-state index contributed by atoms with van der Waals surface area (Å²) in [5.41, 5.74) is 7.77. The molecule has 6 nitrogen and oxygen atoms in total. The van der Waals surface area contributed by atoms with Gasteiger partial charge < -0.3 is 21.1 Å². The number of anilines is 1. The molecule has 0 bridgehead atoms. The summed E-state index contributed by atoms with van der Waals surface area (Å²) in [6.45, 7) is 1.92. The molecule has 1 aliphatic rings. The van der Waals surface area contributed by atoms with Crippen LogP contribution in [0.25, 0.3) is 0 Å². The van der Waals surface area contributed by atoms with Crippen LogP contribution in [0.15, 0.2) is 48.5 Å². The molecular weight excluding hydrogens is 366 g/mol. The molecule has 27 heavy (non-hydrogen) atoms. The van der Waals surface area contributed by atoms with E-state index in [0.717, 1.165) is 18.4 Å². The zero-order valence-electron chi connectivity index (χ0n) is 15.1. The predicted octanol–water partition coefficient (Wildman–Crippen LogP) is 2.84. The molecule has 0 aliphatic heterocycles. The predicted molar refractivity (Wildman–Crippen MR) is 107 cm³/mol. The number of benzene rings is 2. The lowest BCUT2D eigenvalue weighted by atomic mass is 10.1. The highest BCUT2D eigenvalue weighted by molar-refractivity contribution is 5.94. The zero-order chi connectivity index (χ0) is 18.5. The summed E-state index contributed by atoms with van der Waals surface area (Å²) in [6.07, 6.45) is 2.11. The largest absolute Gasteiger partial charge is 0.484 e. The van der Waals surface area contributed by atoms with Gasteiger partial charge in [-0.2, -0.15) is 0 Å². The van der Waals surface area contributed by atoms with Crippen LogP contribution in [0.3, 0.4) is 0 Å². The highest BCUT2D eigenvalue weighted by atomic mass is 35.5. The van der Waals surface area contributed by atoms with E-state index in [-0.39, 0.29) is 36.9 Å². The molecule has 0 aromatic heterocycles. The molecule has 144 valence electrons. The molecule has 1 saturated carbocycles. The van der Waals surface area contributed by atoms with Gasteiger partial charge in [0, 0.05) is 17.3 Å². The van der Waals surface area contributed by atoms with Gasteiger partial charge in [-0.15, -0.1) is 12.4 Å². The van der Waals surface area contributed by atoms with Crippen LogP contribution in [0.5, 0.6) is 5.75 Å². The molecule has 1 fully saturated rings. The number of nitrogens with two attached hydrogens (primary N) is 1. The molecular formula is C20H24ClN3O3. The van der Waals surface area contributed by atoms with E-state index < -0.39 is 0 Å². The molecule has 2 amide bonds. The Morgan fingerprint density at radius 1 is 1.11 bits per heavy atom. The van der Waals surface area contributed by atoms with E-state index in [9.17, 15) is 9.59 Å². The Morgan fingerprint density at radius 2 is 1.74 bits per heavy atom. The van der Waals surface area contributed by atoms with Crippen molar-refractivity contribution in [1.29, 1.82) is 0 Å². The third kappa shape index (κ3) is 6.18. The van der Waals surface area contributed by atoms with Crippen LogP contribution in [0.1, 0.15) is 41.7 Å². The fraction of sp³-hybridized carbons (Fsp3) is 0.300. The minimum atomic E-state index is -0.160. The van der Waals surface area contributed by atoms with E-state index in [1.807, 2.05) is 19.1 Å². The molecule has 2 aromatic carbocycles. The number of nitrogens with one attached hydrogen (secondary N) is 2. The van der Waals surface area contributed by atoms with Gasteiger partial charge in [-0.1, -0.05) is 12.1 Å². The number of nitrogen functional groups attached to an aromatic ring is 1. The molecule has 1 unspecified atom stereocenters. The number of rotatable bonds is 7. The Morgan fingerprint density at radius 3 is 2.33 bits per heavy atom. The van der Waals surface area contributed by atoms with Crippen molar-refractivity contribution in [3.8, 4) is 5.75 Å². The first-order valence-electron chi connectivity index (χ1n) is 8.70. The maximum Gasteiger partial charge on any atom is 0.258 e. The smallest absolute Gasteiger partial charge is 0.258 e. The molecule has 7 heteroatoms. The number of amides is 2. The first-order valence-corrected chi connectivity index (χ1v) is 8.70. The van der Waals surface area contributed by atoms with Gasteiger partial charge in [-0.3, -0.25) is 9.59 Å². The van der Waals surface area contributed by atoms with Crippen molar-refractivity contribution in [1.82, 2.24) is 10.6 Å². The highest BCUT2D eigenvalue weighted by Gasteiger charge is 2.23. The minimum Gasteiger partial charge on any atom is -0.484 e. The van der Waals surface area contributed by atoms with Crippen LogP contribution in [-0.4, -0.2) is 24.5 Å². The quantitative estimate of drug-likeness (QED) is 0.635. The Bertz CT molecular complexity index is 774. The number of ether oxygens (including phenoxy) is 1. The normalized spacial score (nSPS) is 13.8. The second kappa shape index (κ2) is 9.28.